The van der Waals surface area contributed by atoms with E-state index in [9.17, 15) is 0 Å². The first kappa shape index (κ1) is 15.9. The zero-order chi connectivity index (χ0) is 14.3. The van der Waals surface area contributed by atoms with Crippen molar-refractivity contribution in [1.82, 2.24) is 15.3 Å². The zero-order valence-electron chi connectivity index (χ0n) is 12.2. The molecule has 0 spiro atoms. The van der Waals surface area contributed by atoms with E-state index in [0.29, 0.717) is 0 Å². The highest BCUT2D eigenvalue weighted by atomic mass is 32.2. The number of hydrogen-bond acceptors (Lipinski definition) is 5. The monoisotopic (exact) mass is 278 g/mol. The van der Waals surface area contributed by atoms with Crippen molar-refractivity contribution in [2.45, 2.75) is 51.7 Å². The van der Waals surface area contributed by atoms with Gasteiger partial charge >= 0.3 is 0 Å². The average molecular weight is 278 g/mol. The molecule has 0 aliphatic rings. The molecule has 4 nitrogen and oxygen atoms in total. The van der Waals surface area contributed by atoms with Gasteiger partial charge in [-0.2, -0.15) is 5.26 Å². The fourth-order valence-corrected chi connectivity index (χ4v) is 2.54. The van der Waals surface area contributed by atoms with E-state index in [0.717, 1.165) is 47.2 Å². The van der Waals surface area contributed by atoms with Gasteiger partial charge in [0.25, 0.3) is 0 Å². The van der Waals surface area contributed by atoms with Crippen molar-refractivity contribution in [1.29, 1.82) is 5.26 Å². The van der Waals surface area contributed by atoms with Crippen molar-refractivity contribution < 1.29 is 0 Å². The lowest BCUT2D eigenvalue weighted by atomic mass is 10.2. The van der Waals surface area contributed by atoms with Crippen molar-refractivity contribution in [3.8, 4) is 6.07 Å². The molecule has 1 heterocycles. The van der Waals surface area contributed by atoms with E-state index >= 15 is 0 Å². The summed E-state index contributed by atoms with van der Waals surface area (Å²) in [7, 11) is 0. The molecule has 0 aliphatic carbocycles. The number of hydrogen-bond donors (Lipinski definition) is 1. The summed E-state index contributed by atoms with van der Waals surface area (Å²) >= 11 is 1.62. The van der Waals surface area contributed by atoms with Crippen LogP contribution in [-0.2, 0) is 0 Å². The molecule has 1 unspecified atom stereocenters. The van der Waals surface area contributed by atoms with Crippen molar-refractivity contribution in [2.75, 3.05) is 12.3 Å². The molecular formula is C14H22N4S. The average Bonchev–Trinajstić information content (AvgIpc) is 2.39. The number of nitrogens with zero attached hydrogens (tertiary/aromatic N) is 3. The van der Waals surface area contributed by atoms with Gasteiger partial charge in [-0.05, 0) is 45.7 Å². The van der Waals surface area contributed by atoms with Gasteiger partial charge in [-0.1, -0.05) is 18.7 Å². The predicted molar refractivity (Wildman–Crippen MR) is 79.3 cm³/mol. The molecule has 1 N–H and O–H groups in total. The maximum absolute atomic E-state index is 9.02. The van der Waals surface area contributed by atoms with Gasteiger partial charge < -0.3 is 5.32 Å². The summed E-state index contributed by atoms with van der Waals surface area (Å²) in [6.07, 6.45) is 1.86. The second-order valence-corrected chi connectivity index (χ2v) is 5.64. The van der Waals surface area contributed by atoms with Gasteiger partial charge in [0.1, 0.15) is 0 Å². The minimum atomic E-state index is -0.0694. The molecule has 0 saturated heterocycles. The van der Waals surface area contributed by atoms with E-state index in [1.54, 1.807) is 11.8 Å². The Balaban J connectivity index is 2.47. The third-order valence-corrected chi connectivity index (χ3v) is 3.93. The molecular weight excluding hydrogens is 256 g/mol. The second-order valence-electron chi connectivity index (χ2n) is 4.57. The van der Waals surface area contributed by atoms with Crippen molar-refractivity contribution in [3.63, 3.8) is 0 Å². The summed E-state index contributed by atoms with van der Waals surface area (Å²) in [4.78, 5) is 8.93. The van der Waals surface area contributed by atoms with Crippen molar-refractivity contribution in [3.05, 3.63) is 17.0 Å². The van der Waals surface area contributed by atoms with Gasteiger partial charge in [-0.15, -0.1) is 0 Å². The number of aromatic nitrogens is 2. The molecule has 5 heteroatoms. The number of nitriles is 1. The van der Waals surface area contributed by atoms with Crippen LogP contribution in [-0.4, -0.2) is 28.3 Å². The quantitative estimate of drug-likeness (QED) is 0.614. The van der Waals surface area contributed by atoms with E-state index in [1.807, 2.05) is 20.8 Å². The van der Waals surface area contributed by atoms with Crippen LogP contribution in [0.15, 0.2) is 5.16 Å². The van der Waals surface area contributed by atoms with Crippen LogP contribution in [0.1, 0.15) is 36.7 Å². The van der Waals surface area contributed by atoms with Crippen LogP contribution in [0.2, 0.25) is 0 Å². The second kappa shape index (κ2) is 8.13. The van der Waals surface area contributed by atoms with Gasteiger partial charge in [-0.25, -0.2) is 9.97 Å². The molecule has 0 radical (unpaired) electrons. The lowest BCUT2D eigenvalue weighted by molar-refractivity contribution is 0.585. The van der Waals surface area contributed by atoms with E-state index in [1.165, 1.54) is 0 Å². The van der Waals surface area contributed by atoms with Gasteiger partial charge in [0, 0.05) is 17.1 Å². The highest BCUT2D eigenvalue weighted by Crippen LogP contribution is 2.18. The third-order valence-electron chi connectivity index (χ3n) is 3.05. The first-order valence-electron chi connectivity index (χ1n) is 6.66. The SMILES string of the molecule is CCCNC(C#N)CCSc1nc(C)c(C)c(C)n1. The molecule has 0 saturated carbocycles. The first-order chi connectivity index (χ1) is 9.08. The Bertz CT molecular complexity index is 430. The minimum Gasteiger partial charge on any atom is -0.302 e. The normalized spacial score (nSPS) is 12.2. The summed E-state index contributed by atoms with van der Waals surface area (Å²) in [6.45, 7) is 9.05. The molecule has 1 rings (SSSR count). The maximum Gasteiger partial charge on any atom is 0.187 e. The fraction of sp³-hybridized carbons (Fsp3) is 0.643. The molecule has 0 bridgehead atoms. The van der Waals surface area contributed by atoms with Crippen LogP contribution < -0.4 is 5.32 Å². The Morgan fingerprint density at radius 3 is 2.42 bits per heavy atom. The summed E-state index contributed by atoms with van der Waals surface area (Å²) in [5.41, 5.74) is 3.23. The Labute approximate surface area is 120 Å². The smallest absolute Gasteiger partial charge is 0.187 e. The summed E-state index contributed by atoms with van der Waals surface area (Å²) in [5, 5.41) is 13.1. The molecule has 19 heavy (non-hydrogen) atoms. The molecule has 0 amide bonds. The van der Waals surface area contributed by atoms with Crippen LogP contribution in [0.25, 0.3) is 0 Å². The Morgan fingerprint density at radius 1 is 1.26 bits per heavy atom. The molecule has 1 aromatic rings. The molecule has 0 fully saturated rings. The van der Waals surface area contributed by atoms with Crippen molar-refractivity contribution >= 4 is 11.8 Å². The Hall–Kier alpha value is -1.12. The van der Waals surface area contributed by atoms with Crippen LogP contribution in [0.5, 0.6) is 0 Å². The van der Waals surface area contributed by atoms with Crippen molar-refractivity contribution in [2.24, 2.45) is 0 Å². The highest BCUT2D eigenvalue weighted by Gasteiger charge is 2.08. The van der Waals surface area contributed by atoms with Gasteiger partial charge in [0.05, 0.1) is 12.1 Å². The van der Waals surface area contributed by atoms with Crippen LogP contribution in [0.3, 0.4) is 0 Å². The van der Waals surface area contributed by atoms with Crippen LogP contribution >= 0.6 is 11.8 Å². The van der Waals surface area contributed by atoms with Crippen LogP contribution in [0.4, 0.5) is 0 Å². The lowest BCUT2D eigenvalue weighted by Gasteiger charge is -2.10. The third kappa shape index (κ3) is 5.17. The Morgan fingerprint density at radius 2 is 1.89 bits per heavy atom. The topological polar surface area (TPSA) is 61.6 Å². The first-order valence-corrected chi connectivity index (χ1v) is 7.64. The predicted octanol–water partition coefficient (Wildman–Crippen LogP) is 2.78. The molecule has 1 atom stereocenters. The van der Waals surface area contributed by atoms with Gasteiger partial charge in [0.15, 0.2) is 5.16 Å². The zero-order valence-corrected chi connectivity index (χ0v) is 13.0. The van der Waals surface area contributed by atoms with E-state index in [-0.39, 0.29) is 6.04 Å². The highest BCUT2D eigenvalue weighted by molar-refractivity contribution is 7.99. The summed E-state index contributed by atoms with van der Waals surface area (Å²) in [6, 6.07) is 2.22. The summed E-state index contributed by atoms with van der Waals surface area (Å²) < 4.78 is 0. The summed E-state index contributed by atoms with van der Waals surface area (Å²) in [5.74, 6) is 0.858. The molecule has 0 aliphatic heterocycles. The molecule has 0 aromatic carbocycles. The number of nitrogens with one attached hydrogen (secondary N) is 1. The van der Waals surface area contributed by atoms with Gasteiger partial charge in [-0.3, -0.25) is 0 Å². The molecule has 104 valence electrons. The van der Waals surface area contributed by atoms with E-state index < -0.39 is 0 Å². The number of rotatable bonds is 7. The standard InChI is InChI=1S/C14H22N4S/c1-5-7-16-13(9-15)6-8-19-14-17-11(3)10(2)12(4)18-14/h13,16H,5-8H2,1-4H3. The van der Waals surface area contributed by atoms with Crippen LogP contribution in [0, 0.1) is 32.1 Å². The fourth-order valence-electron chi connectivity index (χ4n) is 1.60. The van der Waals surface area contributed by atoms with E-state index in [2.05, 4.69) is 28.3 Å². The number of thioether (sulfide) groups is 1. The van der Waals surface area contributed by atoms with E-state index in [4.69, 9.17) is 5.26 Å². The lowest BCUT2D eigenvalue weighted by Crippen LogP contribution is -2.28. The number of aryl methyl sites for hydroxylation is 2. The van der Waals surface area contributed by atoms with Gasteiger partial charge in [0.2, 0.25) is 0 Å². The minimum absolute atomic E-state index is 0.0694. The largest absolute Gasteiger partial charge is 0.302 e. The maximum atomic E-state index is 9.02. The Kier molecular flexibility index (Phi) is 6.82. The molecule has 1 aromatic heterocycles.